The molecule has 0 fully saturated rings. The van der Waals surface area contributed by atoms with Crippen LogP contribution in [0.3, 0.4) is 0 Å². The zero-order valence-corrected chi connectivity index (χ0v) is 11.2. The van der Waals surface area contributed by atoms with Gasteiger partial charge in [-0.15, -0.1) is 0 Å². The Kier molecular flexibility index (Phi) is 5.88. The number of rotatable bonds is 5. The van der Waals surface area contributed by atoms with Gasteiger partial charge in [0, 0.05) is 13.6 Å². The number of nitrogens with zero attached hydrogens (tertiary/aromatic N) is 2. The summed E-state index contributed by atoms with van der Waals surface area (Å²) < 4.78 is 4.83. The summed E-state index contributed by atoms with van der Waals surface area (Å²) in [6.07, 6.45) is -0.771. The molecule has 0 aliphatic carbocycles. The Bertz CT molecular complexity index is 401. The first-order chi connectivity index (χ1) is 8.54. The monoisotopic (exact) mass is 272 g/mol. The van der Waals surface area contributed by atoms with E-state index in [1.807, 2.05) is 0 Å². The Morgan fingerprint density at radius 1 is 1.61 bits per heavy atom. The van der Waals surface area contributed by atoms with E-state index in [9.17, 15) is 9.90 Å². The number of aromatic nitrogens is 1. The standard InChI is InChI=1S/C12H17ClN2O3/c1-3-18-12(17)15(2)8-7-10(16)9-5-4-6-11(13)14-9/h4-6,10,16H,3,7-8H2,1-2H3. The number of halogens is 1. The molecule has 1 aromatic heterocycles. The number of carbonyl (C=O) groups excluding carboxylic acids is 1. The second kappa shape index (κ2) is 7.18. The van der Waals surface area contributed by atoms with Crippen LogP contribution in [-0.2, 0) is 4.74 Å². The molecule has 0 aliphatic rings. The van der Waals surface area contributed by atoms with Gasteiger partial charge in [0.05, 0.1) is 18.4 Å². The van der Waals surface area contributed by atoms with E-state index in [-0.39, 0.29) is 0 Å². The van der Waals surface area contributed by atoms with Gasteiger partial charge in [-0.05, 0) is 25.5 Å². The predicted octanol–water partition coefficient (Wildman–Crippen LogP) is 2.25. The van der Waals surface area contributed by atoms with Crippen LogP contribution >= 0.6 is 11.6 Å². The van der Waals surface area contributed by atoms with E-state index >= 15 is 0 Å². The molecule has 100 valence electrons. The van der Waals surface area contributed by atoms with Gasteiger partial charge in [-0.2, -0.15) is 0 Å². The van der Waals surface area contributed by atoms with Gasteiger partial charge < -0.3 is 14.7 Å². The lowest BCUT2D eigenvalue weighted by atomic mass is 10.1. The number of aliphatic hydroxyl groups is 1. The number of amides is 1. The van der Waals surface area contributed by atoms with Crippen LogP contribution in [0.4, 0.5) is 4.79 Å². The van der Waals surface area contributed by atoms with Gasteiger partial charge in [-0.25, -0.2) is 9.78 Å². The Morgan fingerprint density at radius 2 is 2.33 bits per heavy atom. The molecule has 1 amide bonds. The molecule has 18 heavy (non-hydrogen) atoms. The molecule has 0 bridgehead atoms. The van der Waals surface area contributed by atoms with Crippen LogP contribution in [0.5, 0.6) is 0 Å². The smallest absolute Gasteiger partial charge is 0.409 e. The maximum absolute atomic E-state index is 11.3. The molecule has 1 atom stereocenters. The highest BCUT2D eigenvalue weighted by atomic mass is 35.5. The van der Waals surface area contributed by atoms with Gasteiger partial charge in [0.2, 0.25) is 0 Å². The summed E-state index contributed by atoms with van der Waals surface area (Å²) in [5, 5.41) is 10.2. The average Bonchev–Trinajstić information content (AvgIpc) is 2.35. The van der Waals surface area contributed by atoms with Gasteiger partial charge in [-0.1, -0.05) is 17.7 Å². The van der Waals surface area contributed by atoms with Crippen LogP contribution in [0.2, 0.25) is 5.15 Å². The maximum Gasteiger partial charge on any atom is 0.409 e. The first-order valence-corrected chi connectivity index (χ1v) is 6.10. The molecule has 5 nitrogen and oxygen atoms in total. The third kappa shape index (κ3) is 4.50. The van der Waals surface area contributed by atoms with E-state index < -0.39 is 12.2 Å². The highest BCUT2D eigenvalue weighted by Crippen LogP contribution is 2.16. The van der Waals surface area contributed by atoms with Crippen molar-refractivity contribution < 1.29 is 14.6 Å². The first kappa shape index (κ1) is 14.7. The number of hydrogen-bond donors (Lipinski definition) is 1. The van der Waals surface area contributed by atoms with E-state index in [1.165, 1.54) is 4.90 Å². The minimum atomic E-state index is -0.749. The van der Waals surface area contributed by atoms with Crippen molar-refractivity contribution >= 4 is 17.7 Å². The maximum atomic E-state index is 11.3. The van der Waals surface area contributed by atoms with Gasteiger partial charge in [0.1, 0.15) is 5.15 Å². The molecule has 0 aliphatic heterocycles. The van der Waals surface area contributed by atoms with E-state index in [0.717, 1.165) is 0 Å². The molecule has 0 saturated heterocycles. The highest BCUT2D eigenvalue weighted by molar-refractivity contribution is 6.29. The van der Waals surface area contributed by atoms with Crippen LogP contribution in [0.1, 0.15) is 25.1 Å². The Balaban J connectivity index is 2.46. The van der Waals surface area contributed by atoms with Crippen LogP contribution in [0.25, 0.3) is 0 Å². The van der Waals surface area contributed by atoms with Crippen molar-refractivity contribution in [2.45, 2.75) is 19.4 Å². The summed E-state index contributed by atoms with van der Waals surface area (Å²) in [6, 6.07) is 5.06. The molecule has 6 heteroatoms. The fourth-order valence-electron chi connectivity index (χ4n) is 1.40. The summed E-state index contributed by atoms with van der Waals surface area (Å²) in [6.45, 7) is 2.46. The number of pyridine rings is 1. The lowest BCUT2D eigenvalue weighted by Crippen LogP contribution is -2.29. The molecular weight excluding hydrogens is 256 g/mol. The predicted molar refractivity (Wildman–Crippen MR) is 68.5 cm³/mol. The zero-order valence-electron chi connectivity index (χ0n) is 10.5. The summed E-state index contributed by atoms with van der Waals surface area (Å²) in [7, 11) is 1.62. The van der Waals surface area contributed by atoms with E-state index in [2.05, 4.69) is 4.98 Å². The van der Waals surface area contributed by atoms with Crippen molar-refractivity contribution in [3.63, 3.8) is 0 Å². The fraction of sp³-hybridized carbons (Fsp3) is 0.500. The lowest BCUT2D eigenvalue weighted by molar-refractivity contribution is 0.103. The molecule has 0 aromatic carbocycles. The van der Waals surface area contributed by atoms with Crippen molar-refractivity contribution in [1.82, 2.24) is 9.88 Å². The molecule has 0 saturated carbocycles. The lowest BCUT2D eigenvalue weighted by Gasteiger charge is -2.18. The van der Waals surface area contributed by atoms with Crippen molar-refractivity contribution in [1.29, 1.82) is 0 Å². The third-order valence-electron chi connectivity index (χ3n) is 2.40. The van der Waals surface area contributed by atoms with E-state index in [1.54, 1.807) is 32.2 Å². The normalized spacial score (nSPS) is 12.0. The summed E-state index contributed by atoms with van der Waals surface area (Å²) >= 11 is 5.74. The van der Waals surface area contributed by atoms with Crippen LogP contribution in [0.15, 0.2) is 18.2 Å². The molecule has 1 aromatic rings. The second-order valence-electron chi connectivity index (χ2n) is 3.81. The SMILES string of the molecule is CCOC(=O)N(C)CCC(O)c1cccc(Cl)n1. The summed E-state index contributed by atoms with van der Waals surface area (Å²) in [5.41, 5.74) is 0.500. The van der Waals surface area contributed by atoms with Gasteiger partial charge in [0.25, 0.3) is 0 Å². The Hall–Kier alpha value is -1.33. The van der Waals surface area contributed by atoms with Crippen LogP contribution in [0, 0.1) is 0 Å². The number of carbonyl (C=O) groups is 1. The summed E-state index contributed by atoms with van der Waals surface area (Å²) in [5.74, 6) is 0. The van der Waals surface area contributed by atoms with Crippen molar-refractivity contribution in [2.24, 2.45) is 0 Å². The second-order valence-corrected chi connectivity index (χ2v) is 4.20. The van der Waals surface area contributed by atoms with Crippen molar-refractivity contribution in [3.8, 4) is 0 Å². The van der Waals surface area contributed by atoms with Gasteiger partial charge in [-0.3, -0.25) is 0 Å². The van der Waals surface area contributed by atoms with Crippen molar-refractivity contribution in [3.05, 3.63) is 29.0 Å². The Morgan fingerprint density at radius 3 is 2.94 bits per heavy atom. The molecule has 1 N–H and O–H groups in total. The summed E-state index contributed by atoms with van der Waals surface area (Å²) in [4.78, 5) is 16.8. The minimum Gasteiger partial charge on any atom is -0.450 e. The topological polar surface area (TPSA) is 62.7 Å². The quantitative estimate of drug-likeness (QED) is 0.835. The van der Waals surface area contributed by atoms with Crippen molar-refractivity contribution in [2.75, 3.05) is 20.2 Å². The first-order valence-electron chi connectivity index (χ1n) is 5.73. The zero-order chi connectivity index (χ0) is 13.5. The molecule has 1 unspecified atom stereocenters. The van der Waals surface area contributed by atoms with Crippen LogP contribution in [-0.4, -0.2) is 41.3 Å². The number of aliphatic hydroxyl groups excluding tert-OH is 1. The largest absolute Gasteiger partial charge is 0.450 e. The van der Waals surface area contributed by atoms with Gasteiger partial charge in [0.15, 0.2) is 0 Å². The van der Waals surface area contributed by atoms with Gasteiger partial charge >= 0.3 is 6.09 Å². The molecule has 1 rings (SSSR count). The Labute approximate surface area is 111 Å². The average molecular weight is 273 g/mol. The molecule has 1 heterocycles. The van der Waals surface area contributed by atoms with E-state index in [4.69, 9.17) is 16.3 Å². The fourth-order valence-corrected chi connectivity index (χ4v) is 1.57. The minimum absolute atomic E-state index is 0.335. The number of ether oxygens (including phenoxy) is 1. The van der Waals surface area contributed by atoms with Crippen LogP contribution < -0.4 is 0 Å². The molecular formula is C12H17ClN2O3. The highest BCUT2D eigenvalue weighted by Gasteiger charge is 2.14. The third-order valence-corrected chi connectivity index (χ3v) is 2.61. The van der Waals surface area contributed by atoms with E-state index in [0.29, 0.717) is 30.4 Å². The molecule has 0 radical (unpaired) electrons. The molecule has 0 spiro atoms. The number of hydrogen-bond acceptors (Lipinski definition) is 4.